The molecule has 1 aliphatic rings. The van der Waals surface area contributed by atoms with Gasteiger partial charge in [-0.25, -0.2) is 0 Å². The summed E-state index contributed by atoms with van der Waals surface area (Å²) in [6, 6.07) is 13.2. The van der Waals surface area contributed by atoms with E-state index >= 15 is 0 Å². The highest BCUT2D eigenvalue weighted by molar-refractivity contribution is 7.15. The third-order valence-corrected chi connectivity index (χ3v) is 5.12. The van der Waals surface area contributed by atoms with Crippen LogP contribution < -0.4 is 0 Å². The Labute approximate surface area is 124 Å². The molecule has 1 atom stereocenters. The molecule has 0 saturated carbocycles. The van der Waals surface area contributed by atoms with Gasteiger partial charge < -0.3 is 5.11 Å². The molecule has 3 rings (SSSR count). The third kappa shape index (κ3) is 3.11. The van der Waals surface area contributed by atoms with Crippen molar-refractivity contribution in [2.24, 2.45) is 5.92 Å². The van der Waals surface area contributed by atoms with Crippen LogP contribution in [0, 0.1) is 12.8 Å². The zero-order valence-electron chi connectivity index (χ0n) is 11.9. The minimum atomic E-state index is 0.329. The monoisotopic (exact) mass is 287 g/mol. The van der Waals surface area contributed by atoms with Crippen molar-refractivity contribution in [3.05, 3.63) is 46.8 Å². The number of aliphatic hydroxyl groups is 1. The summed E-state index contributed by atoms with van der Waals surface area (Å²) < 4.78 is 0. The third-order valence-electron chi connectivity index (χ3n) is 4.01. The van der Waals surface area contributed by atoms with Gasteiger partial charge in [0.2, 0.25) is 0 Å². The Morgan fingerprint density at radius 2 is 2.00 bits per heavy atom. The minimum absolute atomic E-state index is 0.329. The number of aryl methyl sites for hydroxylation is 1. The summed E-state index contributed by atoms with van der Waals surface area (Å²) in [7, 11) is 0. The van der Waals surface area contributed by atoms with Crippen LogP contribution in [0.2, 0.25) is 0 Å². The predicted molar refractivity (Wildman–Crippen MR) is 85.0 cm³/mol. The lowest BCUT2D eigenvalue weighted by molar-refractivity contribution is 0.220. The van der Waals surface area contributed by atoms with Crippen molar-refractivity contribution in [1.29, 1.82) is 0 Å². The largest absolute Gasteiger partial charge is 0.396 e. The van der Waals surface area contributed by atoms with Gasteiger partial charge in [-0.1, -0.05) is 29.8 Å². The van der Waals surface area contributed by atoms with E-state index in [0.29, 0.717) is 12.5 Å². The maximum absolute atomic E-state index is 9.20. The first-order valence-corrected chi connectivity index (χ1v) is 8.05. The number of hydrogen-bond donors (Lipinski definition) is 1. The van der Waals surface area contributed by atoms with E-state index in [1.165, 1.54) is 20.9 Å². The van der Waals surface area contributed by atoms with Crippen molar-refractivity contribution in [3.8, 4) is 10.4 Å². The summed E-state index contributed by atoms with van der Waals surface area (Å²) in [4.78, 5) is 5.21. The molecule has 0 radical (unpaired) electrons. The molecule has 3 heteroatoms. The number of aliphatic hydroxyl groups excluding tert-OH is 1. The molecule has 1 fully saturated rings. The Bertz CT molecular complexity index is 561. The highest BCUT2D eigenvalue weighted by atomic mass is 32.1. The zero-order valence-corrected chi connectivity index (χ0v) is 12.7. The minimum Gasteiger partial charge on any atom is -0.396 e. The second kappa shape index (κ2) is 6.08. The molecule has 1 unspecified atom stereocenters. The lowest BCUT2D eigenvalue weighted by atomic mass is 10.1. The molecular formula is C17H21NOS. The van der Waals surface area contributed by atoms with Crippen molar-refractivity contribution in [2.75, 3.05) is 19.7 Å². The fraction of sp³-hybridized carbons (Fsp3) is 0.412. The molecule has 1 aromatic heterocycles. The molecule has 2 aromatic rings. The topological polar surface area (TPSA) is 23.5 Å². The number of nitrogens with zero attached hydrogens (tertiary/aromatic N) is 1. The van der Waals surface area contributed by atoms with Gasteiger partial charge in [-0.3, -0.25) is 4.90 Å². The Hall–Kier alpha value is -1.16. The van der Waals surface area contributed by atoms with Gasteiger partial charge in [-0.15, -0.1) is 11.3 Å². The van der Waals surface area contributed by atoms with Gasteiger partial charge in [-0.05, 0) is 43.5 Å². The molecule has 20 heavy (non-hydrogen) atoms. The number of rotatable bonds is 4. The molecule has 0 aliphatic carbocycles. The van der Waals surface area contributed by atoms with E-state index in [1.54, 1.807) is 0 Å². The zero-order chi connectivity index (χ0) is 13.9. The highest BCUT2D eigenvalue weighted by Gasteiger charge is 2.21. The number of likely N-dealkylation sites (tertiary alicyclic amines) is 1. The molecule has 2 nitrogen and oxygen atoms in total. The lowest BCUT2D eigenvalue weighted by Crippen LogP contribution is -2.20. The molecule has 1 aromatic carbocycles. The Morgan fingerprint density at radius 1 is 1.20 bits per heavy atom. The average Bonchev–Trinajstić information content (AvgIpc) is 3.09. The Morgan fingerprint density at radius 3 is 2.70 bits per heavy atom. The van der Waals surface area contributed by atoms with Crippen molar-refractivity contribution < 1.29 is 5.11 Å². The Balaban J connectivity index is 1.66. The highest BCUT2D eigenvalue weighted by Crippen LogP contribution is 2.30. The van der Waals surface area contributed by atoms with Gasteiger partial charge >= 0.3 is 0 Å². The van der Waals surface area contributed by atoms with E-state index in [4.69, 9.17) is 0 Å². The maximum Gasteiger partial charge on any atom is 0.0471 e. The molecule has 106 valence electrons. The number of hydrogen-bond acceptors (Lipinski definition) is 3. The fourth-order valence-corrected chi connectivity index (χ4v) is 3.82. The van der Waals surface area contributed by atoms with E-state index in [-0.39, 0.29) is 0 Å². The van der Waals surface area contributed by atoms with Gasteiger partial charge in [0.15, 0.2) is 0 Å². The van der Waals surface area contributed by atoms with Crippen LogP contribution in [0.4, 0.5) is 0 Å². The first kappa shape index (κ1) is 13.8. The predicted octanol–water partition coefficient (Wildman–Crippen LogP) is 3.54. The van der Waals surface area contributed by atoms with E-state index in [2.05, 4.69) is 48.2 Å². The van der Waals surface area contributed by atoms with E-state index in [9.17, 15) is 5.11 Å². The van der Waals surface area contributed by atoms with Gasteiger partial charge in [-0.2, -0.15) is 0 Å². The molecular weight excluding hydrogens is 266 g/mol. The normalized spacial score (nSPS) is 19.6. The van der Waals surface area contributed by atoms with E-state index in [0.717, 1.165) is 26.1 Å². The van der Waals surface area contributed by atoms with Crippen LogP contribution in [-0.2, 0) is 6.54 Å². The molecule has 1 saturated heterocycles. The summed E-state index contributed by atoms with van der Waals surface area (Å²) >= 11 is 1.88. The van der Waals surface area contributed by atoms with Crippen LogP contribution in [0.5, 0.6) is 0 Å². The molecule has 1 aliphatic heterocycles. The van der Waals surface area contributed by atoms with Crippen molar-refractivity contribution in [3.63, 3.8) is 0 Å². The summed E-state index contributed by atoms with van der Waals surface area (Å²) in [6.07, 6.45) is 1.13. The quantitative estimate of drug-likeness (QED) is 0.930. The standard InChI is InChI=1S/C17H21NOS/c1-13-2-4-15(5-3-13)17-7-6-16(20-17)11-18-9-8-14(10-18)12-19/h2-7,14,19H,8-12H2,1H3. The molecule has 1 N–H and O–H groups in total. The van der Waals surface area contributed by atoms with Crippen LogP contribution in [0.15, 0.2) is 36.4 Å². The van der Waals surface area contributed by atoms with Crippen molar-refractivity contribution in [1.82, 2.24) is 4.90 Å². The van der Waals surface area contributed by atoms with Crippen LogP contribution in [0.3, 0.4) is 0 Å². The van der Waals surface area contributed by atoms with Gasteiger partial charge in [0, 0.05) is 29.5 Å². The number of benzene rings is 1. The van der Waals surface area contributed by atoms with Crippen LogP contribution >= 0.6 is 11.3 Å². The van der Waals surface area contributed by atoms with E-state index in [1.807, 2.05) is 11.3 Å². The Kier molecular flexibility index (Phi) is 4.20. The maximum atomic E-state index is 9.20. The van der Waals surface area contributed by atoms with Gasteiger partial charge in [0.05, 0.1) is 0 Å². The smallest absolute Gasteiger partial charge is 0.0471 e. The summed E-state index contributed by atoms with van der Waals surface area (Å²) in [5.74, 6) is 0.478. The van der Waals surface area contributed by atoms with Crippen LogP contribution in [0.25, 0.3) is 10.4 Å². The summed E-state index contributed by atoms with van der Waals surface area (Å²) in [5, 5.41) is 9.20. The molecule has 0 amide bonds. The van der Waals surface area contributed by atoms with Crippen molar-refractivity contribution >= 4 is 11.3 Å². The first-order valence-electron chi connectivity index (χ1n) is 7.23. The van der Waals surface area contributed by atoms with E-state index < -0.39 is 0 Å². The second-order valence-corrected chi connectivity index (χ2v) is 6.87. The summed E-state index contributed by atoms with van der Waals surface area (Å²) in [5.41, 5.74) is 2.61. The summed E-state index contributed by atoms with van der Waals surface area (Å²) in [6.45, 7) is 5.62. The van der Waals surface area contributed by atoms with Crippen molar-refractivity contribution in [2.45, 2.75) is 19.9 Å². The molecule has 0 spiro atoms. The van der Waals surface area contributed by atoms with Gasteiger partial charge in [0.1, 0.15) is 0 Å². The fourth-order valence-electron chi connectivity index (χ4n) is 2.76. The SMILES string of the molecule is Cc1ccc(-c2ccc(CN3CCC(CO)C3)s2)cc1. The van der Waals surface area contributed by atoms with Crippen LogP contribution in [-0.4, -0.2) is 29.7 Å². The average molecular weight is 287 g/mol. The van der Waals surface area contributed by atoms with Gasteiger partial charge in [0.25, 0.3) is 0 Å². The van der Waals surface area contributed by atoms with Crippen LogP contribution in [0.1, 0.15) is 16.9 Å². The molecule has 2 heterocycles. The lowest BCUT2D eigenvalue weighted by Gasteiger charge is -2.13. The molecule has 0 bridgehead atoms. The second-order valence-electron chi connectivity index (χ2n) is 5.70. The first-order chi connectivity index (χ1) is 9.74. The number of thiophene rings is 1.